The van der Waals surface area contributed by atoms with Gasteiger partial charge in [0.05, 0.1) is 18.1 Å². The Bertz CT molecular complexity index is 3320. The van der Waals surface area contributed by atoms with Crippen LogP contribution in [0.5, 0.6) is 5.75 Å². The molecule has 0 atom stereocenters. The van der Waals surface area contributed by atoms with Gasteiger partial charge in [-0.3, -0.25) is 0 Å². The third-order valence-electron chi connectivity index (χ3n) is 11.0. The van der Waals surface area contributed by atoms with Crippen molar-refractivity contribution in [2.75, 3.05) is 7.11 Å². The van der Waals surface area contributed by atoms with Gasteiger partial charge in [-0.05, 0) is 65.2 Å². The van der Waals surface area contributed by atoms with Crippen LogP contribution in [-0.2, 0) is 0 Å². The molecule has 0 N–H and O–H groups in total. The lowest BCUT2D eigenvalue weighted by Crippen LogP contribution is -2.00. The number of aromatic nitrogens is 4. The van der Waals surface area contributed by atoms with Crippen LogP contribution in [0.3, 0.4) is 0 Å². The van der Waals surface area contributed by atoms with Crippen molar-refractivity contribution in [1.82, 2.24) is 19.5 Å². The number of nitrogens with zero attached hydrogens (tertiary/aromatic N) is 4. The van der Waals surface area contributed by atoms with Gasteiger partial charge in [-0.2, -0.15) is 0 Å². The zero-order chi connectivity index (χ0) is 38.6. The molecule has 0 saturated carbocycles. The van der Waals surface area contributed by atoms with E-state index in [9.17, 15) is 0 Å². The molecule has 0 aliphatic carbocycles. The van der Waals surface area contributed by atoms with Gasteiger partial charge < -0.3 is 9.30 Å². The quantitative estimate of drug-likeness (QED) is 0.162. The van der Waals surface area contributed by atoms with Crippen LogP contribution in [0.1, 0.15) is 0 Å². The molecule has 11 rings (SSSR count). The number of rotatable bonds is 7. The Kier molecular flexibility index (Phi) is 8.15. The minimum Gasteiger partial charge on any atom is -0.496 e. The van der Waals surface area contributed by atoms with Crippen molar-refractivity contribution in [1.29, 1.82) is 0 Å². The van der Waals surface area contributed by atoms with Gasteiger partial charge in [0.1, 0.15) is 5.75 Å². The molecule has 0 saturated heterocycles. The second-order valence-corrected chi connectivity index (χ2v) is 15.4. The highest BCUT2D eigenvalue weighted by molar-refractivity contribution is 7.26. The molecule has 0 unspecified atom stereocenters. The summed E-state index contributed by atoms with van der Waals surface area (Å²) in [6.07, 6.45) is 0. The van der Waals surface area contributed by atoms with Gasteiger partial charge in [0.15, 0.2) is 17.5 Å². The summed E-state index contributed by atoms with van der Waals surface area (Å²) in [5, 5.41) is 4.88. The van der Waals surface area contributed by atoms with Gasteiger partial charge in [-0.25, -0.2) is 15.0 Å². The first-order valence-corrected chi connectivity index (χ1v) is 20.1. The predicted molar refractivity (Wildman–Crippen MR) is 241 cm³/mol. The minimum atomic E-state index is 0.620. The minimum absolute atomic E-state index is 0.620. The van der Waals surface area contributed by atoms with E-state index in [0.717, 1.165) is 50.3 Å². The number of methoxy groups -OCH3 is 1. The van der Waals surface area contributed by atoms with E-state index in [0.29, 0.717) is 17.5 Å². The second-order valence-electron chi connectivity index (χ2n) is 14.4. The first-order valence-electron chi connectivity index (χ1n) is 19.3. The number of ether oxygens (including phenoxy) is 1. The van der Waals surface area contributed by atoms with Crippen LogP contribution in [0.4, 0.5) is 0 Å². The largest absolute Gasteiger partial charge is 0.496 e. The topological polar surface area (TPSA) is 52.8 Å². The number of para-hydroxylation sites is 1. The highest BCUT2D eigenvalue weighted by Gasteiger charge is 2.19. The molecule has 274 valence electrons. The fourth-order valence-corrected chi connectivity index (χ4v) is 9.40. The van der Waals surface area contributed by atoms with Crippen molar-refractivity contribution in [2.45, 2.75) is 0 Å². The van der Waals surface area contributed by atoms with Gasteiger partial charge in [0, 0.05) is 58.9 Å². The zero-order valence-electron chi connectivity index (χ0n) is 31.5. The molecular weight excluding hydrogens is 729 g/mol. The Morgan fingerprint density at radius 2 is 1.02 bits per heavy atom. The van der Waals surface area contributed by atoms with Crippen LogP contribution < -0.4 is 4.74 Å². The van der Waals surface area contributed by atoms with E-state index in [-0.39, 0.29) is 0 Å². The van der Waals surface area contributed by atoms with Crippen LogP contribution in [-0.4, -0.2) is 26.6 Å². The molecule has 11 aromatic rings. The molecule has 8 aromatic carbocycles. The van der Waals surface area contributed by atoms with Crippen LogP contribution in [0.2, 0.25) is 0 Å². The molecular formula is C52H34N4OS. The van der Waals surface area contributed by atoms with Gasteiger partial charge in [0.25, 0.3) is 0 Å². The maximum Gasteiger partial charge on any atom is 0.165 e. The van der Waals surface area contributed by atoms with Crippen molar-refractivity contribution in [3.05, 3.63) is 188 Å². The van der Waals surface area contributed by atoms with Gasteiger partial charge >= 0.3 is 0 Å². The summed E-state index contributed by atoms with van der Waals surface area (Å²) >= 11 is 1.78. The van der Waals surface area contributed by atoms with Crippen molar-refractivity contribution >= 4 is 53.3 Å². The summed E-state index contributed by atoms with van der Waals surface area (Å²) in [5.41, 5.74) is 10.6. The third kappa shape index (κ3) is 5.73. The van der Waals surface area contributed by atoms with E-state index in [1.807, 2.05) is 30.3 Å². The monoisotopic (exact) mass is 762 g/mol. The first-order chi connectivity index (χ1) is 28.7. The fraction of sp³-hybridized carbons (Fsp3) is 0.0192. The highest BCUT2D eigenvalue weighted by Crippen LogP contribution is 2.41. The lowest BCUT2D eigenvalue weighted by Gasteiger charge is -2.14. The molecule has 6 heteroatoms. The van der Waals surface area contributed by atoms with E-state index >= 15 is 0 Å². The number of fused-ring (bicyclic) bond motifs is 6. The SMILES string of the molecule is COc1ccc(-n2c3ccccc3c3cc(-c4ccccc4)ccc32)cc1-c1ccc(-c2nc(-c3ccccc3)nc(-c3cccc4c3sc3ccccc34)n2)cc1. The van der Waals surface area contributed by atoms with E-state index in [1.165, 1.54) is 42.1 Å². The molecule has 5 nitrogen and oxygen atoms in total. The van der Waals surface area contributed by atoms with Crippen LogP contribution >= 0.6 is 11.3 Å². The van der Waals surface area contributed by atoms with E-state index < -0.39 is 0 Å². The van der Waals surface area contributed by atoms with E-state index in [1.54, 1.807) is 18.4 Å². The molecule has 3 aromatic heterocycles. The average molecular weight is 763 g/mol. The summed E-state index contributed by atoms with van der Waals surface area (Å²) in [6.45, 7) is 0. The molecule has 0 aliphatic rings. The van der Waals surface area contributed by atoms with E-state index in [4.69, 9.17) is 19.7 Å². The standard InChI is InChI=1S/C52H34N4OS/c1-57-47-30-28-38(56-45-21-10-8-17-39(45)44-31-37(27-29-46(44)56)33-13-4-2-5-14-33)32-43(47)34-23-25-36(26-24-34)51-53-50(35-15-6-3-7-16-35)54-52(55-51)42-20-12-19-41-40-18-9-11-22-48(40)58-49(41)42/h2-32H,1H3. The maximum atomic E-state index is 5.97. The molecule has 0 radical (unpaired) electrons. The summed E-state index contributed by atoms with van der Waals surface area (Å²) < 4.78 is 10.7. The van der Waals surface area contributed by atoms with Crippen LogP contribution in [0.15, 0.2) is 188 Å². The molecule has 3 heterocycles. The average Bonchev–Trinajstić information content (AvgIpc) is 3.85. The Morgan fingerprint density at radius 3 is 1.79 bits per heavy atom. The Hall–Kier alpha value is -7.41. The summed E-state index contributed by atoms with van der Waals surface area (Å²) in [5.74, 6) is 2.71. The van der Waals surface area contributed by atoms with Gasteiger partial charge in [-0.15, -0.1) is 11.3 Å². The van der Waals surface area contributed by atoms with Crippen molar-refractivity contribution in [3.63, 3.8) is 0 Å². The molecule has 0 amide bonds. The predicted octanol–water partition coefficient (Wildman–Crippen LogP) is 13.7. The molecule has 0 aliphatic heterocycles. The van der Waals surface area contributed by atoms with Gasteiger partial charge in [0.2, 0.25) is 0 Å². The number of thiophene rings is 1. The smallest absolute Gasteiger partial charge is 0.165 e. The molecule has 0 fully saturated rings. The molecule has 58 heavy (non-hydrogen) atoms. The lowest BCUT2D eigenvalue weighted by molar-refractivity contribution is 0.416. The normalized spacial score (nSPS) is 11.5. The van der Waals surface area contributed by atoms with E-state index in [2.05, 4.69) is 162 Å². The summed E-state index contributed by atoms with van der Waals surface area (Å²) in [4.78, 5) is 15.3. The summed E-state index contributed by atoms with van der Waals surface area (Å²) in [7, 11) is 1.73. The van der Waals surface area contributed by atoms with Gasteiger partial charge in [-0.1, -0.05) is 140 Å². The zero-order valence-corrected chi connectivity index (χ0v) is 32.3. The highest BCUT2D eigenvalue weighted by atomic mass is 32.1. The van der Waals surface area contributed by atoms with Crippen molar-refractivity contribution in [3.8, 4) is 67.9 Å². The Morgan fingerprint density at radius 1 is 0.414 bits per heavy atom. The molecule has 0 spiro atoms. The van der Waals surface area contributed by atoms with Crippen molar-refractivity contribution in [2.24, 2.45) is 0 Å². The van der Waals surface area contributed by atoms with Crippen LogP contribution in [0, 0.1) is 0 Å². The number of hydrogen-bond donors (Lipinski definition) is 0. The lowest BCUT2D eigenvalue weighted by atomic mass is 10.0. The van der Waals surface area contributed by atoms with Crippen LogP contribution in [0.25, 0.3) is 104 Å². The first kappa shape index (κ1) is 33.9. The van der Waals surface area contributed by atoms with Crippen molar-refractivity contribution < 1.29 is 4.74 Å². The maximum absolute atomic E-state index is 5.97. The second kappa shape index (κ2) is 14.0. The molecule has 0 bridgehead atoms. The number of hydrogen-bond acceptors (Lipinski definition) is 5. The Balaban J connectivity index is 1.02. The third-order valence-corrected chi connectivity index (χ3v) is 12.2. The summed E-state index contributed by atoms with van der Waals surface area (Å²) in [6, 6.07) is 65.9. The fourth-order valence-electron chi connectivity index (χ4n) is 8.19. The number of benzene rings is 8. The Labute approximate surface area is 339 Å².